The van der Waals surface area contributed by atoms with Gasteiger partial charge in [-0.15, -0.1) is 0 Å². The summed E-state index contributed by atoms with van der Waals surface area (Å²) in [4.78, 5) is 36.6. The highest BCUT2D eigenvalue weighted by Crippen LogP contribution is 2.28. The minimum atomic E-state index is -1.12. The molecule has 0 bridgehead atoms. The number of carboxylic acids is 1. The third-order valence-electron chi connectivity index (χ3n) is 6.09. The Bertz CT molecular complexity index is 1230. The molecule has 0 aliphatic rings. The fourth-order valence-electron chi connectivity index (χ4n) is 4.26. The number of carbonyl (C=O) groups is 3. The lowest BCUT2D eigenvalue weighted by Gasteiger charge is -2.26. The normalized spacial score (nSPS) is 12.8. The van der Waals surface area contributed by atoms with Crippen LogP contribution < -0.4 is 10.6 Å². The Morgan fingerprint density at radius 1 is 0.895 bits per heavy atom. The highest BCUT2D eigenvalue weighted by molar-refractivity contribution is 5.97. The van der Waals surface area contributed by atoms with Crippen LogP contribution in [0.15, 0.2) is 78.9 Å². The molecule has 0 saturated heterocycles. The van der Waals surface area contributed by atoms with Crippen LogP contribution in [0.25, 0.3) is 11.1 Å². The van der Waals surface area contributed by atoms with Crippen molar-refractivity contribution in [3.05, 3.63) is 95.6 Å². The van der Waals surface area contributed by atoms with E-state index in [9.17, 15) is 19.5 Å². The van der Waals surface area contributed by atoms with Crippen molar-refractivity contribution in [2.75, 3.05) is 6.54 Å². The maximum atomic E-state index is 12.3. The quantitative estimate of drug-likeness (QED) is 0.278. The summed E-state index contributed by atoms with van der Waals surface area (Å²) in [6.45, 7) is 7.89. The topological polar surface area (TPSA) is 105 Å². The maximum absolute atomic E-state index is 12.3. The maximum Gasteiger partial charge on any atom is 0.408 e. The zero-order valence-electron chi connectivity index (χ0n) is 22.4. The van der Waals surface area contributed by atoms with E-state index in [1.165, 1.54) is 0 Å². The standard InChI is InChI=1S/C31H36N2O5/c1-5-26(28(29(35)36)33-30(37)38-31(2,3)4)23-16-14-22(15-17-23)25-13-9-10-21(18-25)19-32-20-27(34)24-11-7-6-8-12-24/h6-18,26,28,32H,5,19-20H2,1-4H3,(H,33,37)(H,35,36). The van der Waals surface area contributed by atoms with E-state index < -0.39 is 29.6 Å². The summed E-state index contributed by atoms with van der Waals surface area (Å²) in [5.74, 6) is -1.49. The van der Waals surface area contributed by atoms with Gasteiger partial charge in [0.1, 0.15) is 11.6 Å². The number of amides is 1. The van der Waals surface area contributed by atoms with Gasteiger partial charge in [-0.2, -0.15) is 0 Å². The third-order valence-corrected chi connectivity index (χ3v) is 6.09. The van der Waals surface area contributed by atoms with E-state index in [4.69, 9.17) is 4.74 Å². The van der Waals surface area contributed by atoms with E-state index >= 15 is 0 Å². The van der Waals surface area contributed by atoms with Crippen LogP contribution in [0.1, 0.15) is 61.5 Å². The molecule has 7 nitrogen and oxygen atoms in total. The Kier molecular flexibility index (Phi) is 9.79. The zero-order chi connectivity index (χ0) is 27.7. The van der Waals surface area contributed by atoms with Crippen LogP contribution in [-0.2, 0) is 16.1 Å². The summed E-state index contributed by atoms with van der Waals surface area (Å²) in [6.07, 6.45) is -0.231. The van der Waals surface area contributed by atoms with Gasteiger partial charge in [0.15, 0.2) is 5.78 Å². The number of alkyl carbamates (subject to hydrolysis) is 1. The first kappa shape index (κ1) is 28.6. The van der Waals surface area contributed by atoms with Gasteiger partial charge in [0.05, 0.1) is 6.54 Å². The fraction of sp³-hybridized carbons (Fsp3) is 0.323. The average molecular weight is 517 g/mol. The lowest BCUT2D eigenvalue weighted by Crippen LogP contribution is -2.46. The molecule has 0 heterocycles. The van der Waals surface area contributed by atoms with Gasteiger partial charge in [0.25, 0.3) is 0 Å². The number of benzene rings is 3. The largest absolute Gasteiger partial charge is 0.480 e. The predicted molar refractivity (Wildman–Crippen MR) is 148 cm³/mol. The molecule has 7 heteroatoms. The number of carboxylic acid groups (broad SMARTS) is 1. The number of hydrogen-bond acceptors (Lipinski definition) is 5. The van der Waals surface area contributed by atoms with E-state index in [1.807, 2.05) is 79.7 Å². The second-order valence-electron chi connectivity index (χ2n) is 10.2. The second kappa shape index (κ2) is 13.0. The number of hydrogen-bond donors (Lipinski definition) is 3. The minimum Gasteiger partial charge on any atom is -0.480 e. The Labute approximate surface area is 224 Å². The summed E-state index contributed by atoms with van der Waals surface area (Å²) in [7, 11) is 0. The van der Waals surface area contributed by atoms with Gasteiger partial charge in [-0.25, -0.2) is 9.59 Å². The number of ether oxygens (including phenoxy) is 1. The molecule has 1 amide bonds. The van der Waals surface area contributed by atoms with Crippen molar-refractivity contribution in [1.82, 2.24) is 10.6 Å². The van der Waals surface area contributed by atoms with E-state index in [2.05, 4.69) is 16.7 Å². The van der Waals surface area contributed by atoms with Gasteiger partial charge in [-0.1, -0.05) is 79.7 Å². The van der Waals surface area contributed by atoms with Crippen molar-refractivity contribution in [3.63, 3.8) is 0 Å². The van der Waals surface area contributed by atoms with Crippen molar-refractivity contribution < 1.29 is 24.2 Å². The molecule has 3 aromatic rings. The third kappa shape index (κ3) is 8.28. The van der Waals surface area contributed by atoms with Crippen molar-refractivity contribution in [1.29, 1.82) is 0 Å². The van der Waals surface area contributed by atoms with Crippen LogP contribution in [0.5, 0.6) is 0 Å². The van der Waals surface area contributed by atoms with Crippen molar-refractivity contribution >= 4 is 17.8 Å². The fourth-order valence-corrected chi connectivity index (χ4v) is 4.26. The predicted octanol–water partition coefficient (Wildman–Crippen LogP) is 5.80. The molecule has 0 aromatic heterocycles. The van der Waals surface area contributed by atoms with Crippen LogP contribution in [0.3, 0.4) is 0 Å². The molecule has 38 heavy (non-hydrogen) atoms. The lowest BCUT2D eigenvalue weighted by molar-refractivity contribution is -0.140. The molecule has 0 aliphatic carbocycles. The Morgan fingerprint density at radius 3 is 2.18 bits per heavy atom. The number of nitrogens with one attached hydrogen (secondary N) is 2. The highest BCUT2D eigenvalue weighted by atomic mass is 16.6. The van der Waals surface area contributed by atoms with Gasteiger partial charge in [0.2, 0.25) is 0 Å². The molecule has 2 unspecified atom stereocenters. The summed E-state index contributed by atoms with van der Waals surface area (Å²) >= 11 is 0. The van der Waals surface area contributed by atoms with Crippen LogP contribution >= 0.6 is 0 Å². The molecule has 0 spiro atoms. The second-order valence-corrected chi connectivity index (χ2v) is 10.2. The van der Waals surface area contributed by atoms with Crippen molar-refractivity contribution in [3.8, 4) is 11.1 Å². The number of Topliss-reactive ketones (excluding diaryl/α,β-unsaturated/α-hetero) is 1. The minimum absolute atomic E-state index is 0.0450. The van der Waals surface area contributed by atoms with Gasteiger partial charge < -0.3 is 20.5 Å². The monoisotopic (exact) mass is 516 g/mol. The molecule has 0 aliphatic heterocycles. The average Bonchev–Trinajstić information content (AvgIpc) is 2.88. The molecular formula is C31H36N2O5. The van der Waals surface area contributed by atoms with E-state index in [1.54, 1.807) is 20.8 Å². The molecule has 3 N–H and O–H groups in total. The van der Waals surface area contributed by atoms with Gasteiger partial charge in [-0.3, -0.25) is 4.79 Å². The molecule has 0 radical (unpaired) electrons. The van der Waals surface area contributed by atoms with Crippen LogP contribution in [0.4, 0.5) is 4.79 Å². The first-order valence-electron chi connectivity index (χ1n) is 12.8. The van der Waals surface area contributed by atoms with Crippen molar-refractivity contribution in [2.24, 2.45) is 0 Å². The molecule has 2 atom stereocenters. The van der Waals surface area contributed by atoms with Gasteiger partial charge >= 0.3 is 12.1 Å². The Balaban J connectivity index is 1.67. The SMILES string of the molecule is CCC(c1ccc(-c2cccc(CNCC(=O)c3ccccc3)c2)cc1)C(NC(=O)OC(C)(C)C)C(=O)O. The van der Waals surface area contributed by atoms with Crippen LogP contribution in [-0.4, -0.2) is 41.1 Å². The van der Waals surface area contributed by atoms with E-state index in [0.717, 1.165) is 22.3 Å². The molecule has 0 fully saturated rings. The highest BCUT2D eigenvalue weighted by Gasteiger charge is 2.31. The summed E-state index contributed by atoms with van der Waals surface area (Å²) in [5.41, 5.74) is 3.82. The van der Waals surface area contributed by atoms with Gasteiger partial charge in [0, 0.05) is 18.0 Å². The van der Waals surface area contributed by atoms with E-state index in [0.29, 0.717) is 18.5 Å². The zero-order valence-corrected chi connectivity index (χ0v) is 22.4. The number of aliphatic carboxylic acids is 1. The van der Waals surface area contributed by atoms with E-state index in [-0.39, 0.29) is 12.3 Å². The summed E-state index contributed by atoms with van der Waals surface area (Å²) in [6, 6.07) is 23.9. The molecule has 3 rings (SSSR count). The summed E-state index contributed by atoms with van der Waals surface area (Å²) in [5, 5.41) is 15.6. The molecular weight excluding hydrogens is 480 g/mol. The number of carbonyl (C=O) groups excluding carboxylic acids is 2. The summed E-state index contributed by atoms with van der Waals surface area (Å²) < 4.78 is 5.26. The first-order chi connectivity index (χ1) is 18.1. The van der Waals surface area contributed by atoms with Crippen molar-refractivity contribution in [2.45, 2.75) is 58.2 Å². The molecule has 0 saturated carbocycles. The Hall–Kier alpha value is -3.97. The molecule has 3 aromatic carbocycles. The number of rotatable bonds is 11. The Morgan fingerprint density at radius 2 is 1.58 bits per heavy atom. The number of ketones is 1. The van der Waals surface area contributed by atoms with Gasteiger partial charge in [-0.05, 0) is 55.5 Å². The lowest BCUT2D eigenvalue weighted by atomic mass is 9.88. The first-order valence-corrected chi connectivity index (χ1v) is 12.8. The van der Waals surface area contributed by atoms with Crippen LogP contribution in [0, 0.1) is 0 Å². The van der Waals surface area contributed by atoms with Crippen LogP contribution in [0.2, 0.25) is 0 Å². The smallest absolute Gasteiger partial charge is 0.408 e. The molecule has 200 valence electrons.